The minimum absolute atomic E-state index is 0.0202. The molecule has 1 atom stereocenters. The molecule has 1 aliphatic rings. The highest BCUT2D eigenvalue weighted by Crippen LogP contribution is 2.27. The lowest BCUT2D eigenvalue weighted by atomic mass is 9.85. The Bertz CT molecular complexity index is 450. The van der Waals surface area contributed by atoms with Crippen LogP contribution in [0, 0.1) is 5.92 Å². The number of nitrogens with one attached hydrogen (secondary N) is 1. The molecule has 1 unspecified atom stereocenters. The molecule has 21 heavy (non-hydrogen) atoms. The van der Waals surface area contributed by atoms with Crippen LogP contribution < -0.4 is 5.32 Å². The number of rotatable bonds is 6. The van der Waals surface area contributed by atoms with E-state index in [4.69, 9.17) is 4.74 Å². The van der Waals surface area contributed by atoms with Crippen molar-refractivity contribution in [2.45, 2.75) is 65.1 Å². The summed E-state index contributed by atoms with van der Waals surface area (Å²) < 4.78 is 7.06. The smallest absolute Gasteiger partial charge is 0.308 e. The summed E-state index contributed by atoms with van der Waals surface area (Å²) >= 11 is 0. The predicted molar refractivity (Wildman–Crippen MR) is 81.8 cm³/mol. The largest absolute Gasteiger partial charge is 0.466 e. The number of ether oxygens (including phenoxy) is 1. The highest BCUT2D eigenvalue weighted by molar-refractivity contribution is 5.72. The minimum Gasteiger partial charge on any atom is -0.466 e. The van der Waals surface area contributed by atoms with Gasteiger partial charge in [0.1, 0.15) is 0 Å². The van der Waals surface area contributed by atoms with E-state index in [1.807, 2.05) is 17.8 Å². The first-order chi connectivity index (χ1) is 10.1. The van der Waals surface area contributed by atoms with E-state index >= 15 is 0 Å². The number of hydrogen-bond donors (Lipinski definition) is 1. The standard InChI is InChI=1S/C16H27N3O2/c1-4-19-11-14(10-17-19)12(3)18-15-8-6-13(7-9-15)16(20)21-5-2/h10-13,15,18H,4-9H2,1-3H3. The molecule has 0 aliphatic heterocycles. The van der Waals surface area contributed by atoms with Crippen molar-refractivity contribution in [1.29, 1.82) is 0 Å². The molecular formula is C16H27N3O2. The third-order valence-electron chi connectivity index (χ3n) is 4.31. The first-order valence-electron chi connectivity index (χ1n) is 8.09. The average molecular weight is 293 g/mol. The molecule has 5 heteroatoms. The number of carbonyl (C=O) groups excluding carboxylic acids is 1. The number of aryl methyl sites for hydroxylation is 1. The number of hydrogen-bond acceptors (Lipinski definition) is 4. The lowest BCUT2D eigenvalue weighted by molar-refractivity contribution is -0.149. The lowest BCUT2D eigenvalue weighted by Crippen LogP contribution is -2.36. The van der Waals surface area contributed by atoms with Crippen LogP contribution >= 0.6 is 0 Å². The number of aromatic nitrogens is 2. The summed E-state index contributed by atoms with van der Waals surface area (Å²) in [4.78, 5) is 11.7. The van der Waals surface area contributed by atoms with Crippen molar-refractivity contribution in [3.8, 4) is 0 Å². The van der Waals surface area contributed by atoms with Gasteiger partial charge in [0.25, 0.3) is 0 Å². The van der Waals surface area contributed by atoms with Gasteiger partial charge in [-0.05, 0) is 46.5 Å². The van der Waals surface area contributed by atoms with Gasteiger partial charge in [-0.1, -0.05) is 0 Å². The molecule has 0 saturated heterocycles. The van der Waals surface area contributed by atoms with Gasteiger partial charge in [0.2, 0.25) is 0 Å². The summed E-state index contributed by atoms with van der Waals surface area (Å²) in [6, 6.07) is 0.782. The topological polar surface area (TPSA) is 56.1 Å². The Morgan fingerprint density at radius 2 is 2.14 bits per heavy atom. The molecule has 0 amide bonds. The molecule has 1 aromatic rings. The van der Waals surface area contributed by atoms with Crippen molar-refractivity contribution in [3.05, 3.63) is 18.0 Å². The molecule has 0 bridgehead atoms. The SMILES string of the molecule is CCOC(=O)C1CCC(NC(C)c2cnn(CC)c2)CC1. The Kier molecular flexibility index (Phi) is 5.79. The van der Waals surface area contributed by atoms with E-state index in [0.717, 1.165) is 32.2 Å². The monoisotopic (exact) mass is 293 g/mol. The molecule has 1 aromatic heterocycles. The summed E-state index contributed by atoms with van der Waals surface area (Å²) in [5, 5.41) is 7.98. The second-order valence-corrected chi connectivity index (χ2v) is 5.82. The van der Waals surface area contributed by atoms with E-state index in [2.05, 4.69) is 30.5 Å². The summed E-state index contributed by atoms with van der Waals surface area (Å²) in [7, 11) is 0. The van der Waals surface area contributed by atoms with Crippen LogP contribution in [0.15, 0.2) is 12.4 Å². The van der Waals surface area contributed by atoms with Crippen LogP contribution in [0.2, 0.25) is 0 Å². The van der Waals surface area contributed by atoms with Gasteiger partial charge >= 0.3 is 5.97 Å². The first-order valence-corrected chi connectivity index (χ1v) is 8.09. The highest BCUT2D eigenvalue weighted by atomic mass is 16.5. The van der Waals surface area contributed by atoms with Crippen LogP contribution in [0.5, 0.6) is 0 Å². The lowest BCUT2D eigenvalue weighted by Gasteiger charge is -2.30. The Labute approximate surface area is 127 Å². The fraction of sp³-hybridized carbons (Fsp3) is 0.750. The summed E-state index contributed by atoms with van der Waals surface area (Å²) in [5.74, 6) is 0.0781. The van der Waals surface area contributed by atoms with Crippen molar-refractivity contribution >= 4 is 5.97 Å². The minimum atomic E-state index is -0.0202. The van der Waals surface area contributed by atoms with Gasteiger partial charge in [-0.2, -0.15) is 5.10 Å². The second-order valence-electron chi connectivity index (χ2n) is 5.82. The molecule has 0 radical (unpaired) electrons. The Morgan fingerprint density at radius 3 is 2.71 bits per heavy atom. The van der Waals surface area contributed by atoms with Gasteiger partial charge in [-0.3, -0.25) is 9.48 Å². The zero-order valence-electron chi connectivity index (χ0n) is 13.3. The maximum absolute atomic E-state index is 11.7. The van der Waals surface area contributed by atoms with Crippen LogP contribution in [0.3, 0.4) is 0 Å². The Balaban J connectivity index is 1.79. The number of esters is 1. The highest BCUT2D eigenvalue weighted by Gasteiger charge is 2.27. The van der Waals surface area contributed by atoms with Gasteiger partial charge in [0.05, 0.1) is 18.7 Å². The molecule has 5 nitrogen and oxygen atoms in total. The van der Waals surface area contributed by atoms with Gasteiger partial charge < -0.3 is 10.1 Å². The molecule has 1 N–H and O–H groups in total. The molecule has 1 aliphatic carbocycles. The quantitative estimate of drug-likeness (QED) is 0.819. The van der Waals surface area contributed by atoms with E-state index in [1.54, 1.807) is 0 Å². The van der Waals surface area contributed by atoms with Crippen LogP contribution in [-0.2, 0) is 16.1 Å². The molecule has 2 rings (SSSR count). The third kappa shape index (κ3) is 4.30. The van der Waals surface area contributed by atoms with Crippen molar-refractivity contribution in [1.82, 2.24) is 15.1 Å². The summed E-state index contributed by atoms with van der Waals surface area (Å²) in [6.07, 6.45) is 7.97. The molecule has 118 valence electrons. The summed E-state index contributed by atoms with van der Waals surface area (Å²) in [6.45, 7) is 7.51. The third-order valence-corrected chi connectivity index (χ3v) is 4.31. The van der Waals surface area contributed by atoms with Crippen LogP contribution in [-0.4, -0.2) is 28.4 Å². The number of nitrogens with zero attached hydrogens (tertiary/aromatic N) is 2. The van der Waals surface area contributed by atoms with E-state index in [-0.39, 0.29) is 11.9 Å². The van der Waals surface area contributed by atoms with Gasteiger partial charge in [0, 0.05) is 30.4 Å². The maximum Gasteiger partial charge on any atom is 0.308 e. The number of carbonyl (C=O) groups is 1. The molecule has 1 heterocycles. The first kappa shape index (κ1) is 16.0. The van der Waals surface area contributed by atoms with E-state index in [1.165, 1.54) is 5.56 Å². The average Bonchev–Trinajstić information content (AvgIpc) is 2.97. The predicted octanol–water partition coefficient (Wildman–Crippen LogP) is 2.68. The fourth-order valence-electron chi connectivity index (χ4n) is 2.98. The molecular weight excluding hydrogens is 266 g/mol. The molecule has 1 saturated carbocycles. The molecule has 0 aromatic carbocycles. The molecule has 0 spiro atoms. The Morgan fingerprint density at radius 1 is 1.43 bits per heavy atom. The van der Waals surface area contributed by atoms with Gasteiger partial charge in [-0.25, -0.2) is 0 Å². The fourth-order valence-corrected chi connectivity index (χ4v) is 2.98. The van der Waals surface area contributed by atoms with Crippen LogP contribution in [0.1, 0.15) is 58.1 Å². The van der Waals surface area contributed by atoms with Crippen molar-refractivity contribution in [3.63, 3.8) is 0 Å². The zero-order chi connectivity index (χ0) is 15.2. The molecule has 1 fully saturated rings. The Hall–Kier alpha value is -1.36. The second kappa shape index (κ2) is 7.59. The van der Waals surface area contributed by atoms with Crippen LogP contribution in [0.4, 0.5) is 0 Å². The van der Waals surface area contributed by atoms with Gasteiger partial charge in [-0.15, -0.1) is 0 Å². The van der Waals surface area contributed by atoms with Crippen molar-refractivity contribution in [2.24, 2.45) is 5.92 Å². The van der Waals surface area contributed by atoms with E-state index < -0.39 is 0 Å². The van der Waals surface area contributed by atoms with Crippen molar-refractivity contribution < 1.29 is 9.53 Å². The summed E-state index contributed by atoms with van der Waals surface area (Å²) in [5.41, 5.74) is 1.23. The normalized spacial score (nSPS) is 23.8. The van der Waals surface area contributed by atoms with Gasteiger partial charge in [0.15, 0.2) is 0 Å². The van der Waals surface area contributed by atoms with E-state index in [9.17, 15) is 4.79 Å². The van der Waals surface area contributed by atoms with Crippen LogP contribution in [0.25, 0.3) is 0 Å². The van der Waals surface area contributed by atoms with E-state index in [0.29, 0.717) is 18.7 Å². The zero-order valence-corrected chi connectivity index (χ0v) is 13.3. The van der Waals surface area contributed by atoms with Crippen molar-refractivity contribution in [2.75, 3.05) is 6.61 Å². The maximum atomic E-state index is 11.7.